The molecule has 0 heterocycles. The fourth-order valence-electron chi connectivity index (χ4n) is 1.90. The second-order valence-corrected chi connectivity index (χ2v) is 6.74. The molecule has 110 valence electrons. The summed E-state index contributed by atoms with van der Waals surface area (Å²) in [5, 5.41) is 3.83. The Balaban J connectivity index is 2.19. The highest BCUT2D eigenvalue weighted by atomic mass is 79.9. The topological polar surface area (TPSA) is 55.1 Å². The van der Waals surface area contributed by atoms with Gasteiger partial charge in [0.1, 0.15) is 0 Å². The average Bonchev–Trinajstić information content (AvgIpc) is 2.38. The first-order valence-corrected chi connectivity index (χ1v) is 8.12. The van der Waals surface area contributed by atoms with E-state index in [0.717, 1.165) is 25.8 Å². The van der Waals surface area contributed by atoms with Crippen molar-refractivity contribution >= 4 is 55.1 Å². The van der Waals surface area contributed by atoms with Gasteiger partial charge < -0.3 is 11.1 Å². The van der Waals surface area contributed by atoms with Gasteiger partial charge in [-0.1, -0.05) is 17.7 Å². The molecule has 0 fully saturated rings. The maximum absolute atomic E-state index is 11.1. The molecule has 0 unspecified atom stereocenters. The molecule has 6 heteroatoms. The molecule has 0 bridgehead atoms. The van der Waals surface area contributed by atoms with Gasteiger partial charge in [0.25, 0.3) is 0 Å². The van der Waals surface area contributed by atoms with Crippen LogP contribution in [0.5, 0.6) is 0 Å². The summed E-state index contributed by atoms with van der Waals surface area (Å²) in [5.74, 6) is -0.486. The number of nitrogens with two attached hydrogens (primary N) is 1. The van der Waals surface area contributed by atoms with E-state index in [9.17, 15) is 4.79 Å². The van der Waals surface area contributed by atoms with Gasteiger partial charge in [-0.05, 0) is 74.2 Å². The van der Waals surface area contributed by atoms with Crippen molar-refractivity contribution in [3.63, 3.8) is 0 Å². The Morgan fingerprint density at radius 3 is 2.38 bits per heavy atom. The highest BCUT2D eigenvalue weighted by molar-refractivity contribution is 9.11. The van der Waals surface area contributed by atoms with Crippen LogP contribution in [0.1, 0.15) is 21.5 Å². The number of anilines is 1. The lowest BCUT2D eigenvalue weighted by Gasteiger charge is -2.13. The molecule has 3 N–H and O–H groups in total. The standard InChI is InChI=1S/C15H13Br2ClN2O/c1-8-4-11(16)14(12(17)5-8)20-7-10-3-2-9(15(19)21)6-13(10)18/h2-6,20H,7H2,1H3,(H2,19,21). The average molecular weight is 433 g/mol. The molecule has 3 nitrogen and oxygen atoms in total. The van der Waals surface area contributed by atoms with E-state index in [1.165, 1.54) is 0 Å². The van der Waals surface area contributed by atoms with Crippen molar-refractivity contribution in [2.45, 2.75) is 13.5 Å². The zero-order chi connectivity index (χ0) is 15.6. The molecule has 21 heavy (non-hydrogen) atoms. The second kappa shape index (κ2) is 6.81. The summed E-state index contributed by atoms with van der Waals surface area (Å²) in [4.78, 5) is 11.1. The van der Waals surface area contributed by atoms with E-state index in [2.05, 4.69) is 37.2 Å². The van der Waals surface area contributed by atoms with Gasteiger partial charge in [-0.25, -0.2) is 0 Å². The number of hydrogen-bond acceptors (Lipinski definition) is 2. The summed E-state index contributed by atoms with van der Waals surface area (Å²) in [6.45, 7) is 2.57. The number of aryl methyl sites for hydroxylation is 1. The van der Waals surface area contributed by atoms with Crippen molar-refractivity contribution < 1.29 is 4.79 Å². The third kappa shape index (κ3) is 3.99. The fraction of sp³-hybridized carbons (Fsp3) is 0.133. The quantitative estimate of drug-likeness (QED) is 0.723. The molecule has 0 atom stereocenters. The van der Waals surface area contributed by atoms with Crippen molar-refractivity contribution in [2.24, 2.45) is 5.73 Å². The first-order chi connectivity index (χ1) is 9.88. The monoisotopic (exact) mass is 430 g/mol. The predicted octanol–water partition coefficient (Wildman–Crippen LogP) is 4.88. The van der Waals surface area contributed by atoms with Gasteiger partial charge in [0.05, 0.1) is 5.69 Å². The summed E-state index contributed by atoms with van der Waals surface area (Å²) >= 11 is 13.2. The van der Waals surface area contributed by atoms with E-state index in [1.807, 2.05) is 19.1 Å². The van der Waals surface area contributed by atoms with Crippen LogP contribution in [0.15, 0.2) is 39.3 Å². The summed E-state index contributed by atoms with van der Waals surface area (Å²) in [6, 6.07) is 9.12. The Morgan fingerprint density at radius 2 is 1.86 bits per heavy atom. The first-order valence-electron chi connectivity index (χ1n) is 6.16. The van der Waals surface area contributed by atoms with Crippen LogP contribution >= 0.6 is 43.5 Å². The van der Waals surface area contributed by atoms with Gasteiger partial charge in [0.2, 0.25) is 5.91 Å². The van der Waals surface area contributed by atoms with Gasteiger partial charge in [-0.3, -0.25) is 4.79 Å². The highest BCUT2D eigenvalue weighted by Gasteiger charge is 2.09. The minimum Gasteiger partial charge on any atom is -0.379 e. The number of nitrogens with one attached hydrogen (secondary N) is 1. The van der Waals surface area contributed by atoms with Crippen molar-refractivity contribution in [2.75, 3.05) is 5.32 Å². The van der Waals surface area contributed by atoms with Crippen LogP contribution in [-0.4, -0.2) is 5.91 Å². The van der Waals surface area contributed by atoms with E-state index in [4.69, 9.17) is 17.3 Å². The minimum atomic E-state index is -0.486. The van der Waals surface area contributed by atoms with Crippen LogP contribution in [0.3, 0.4) is 0 Å². The summed E-state index contributed by atoms with van der Waals surface area (Å²) in [5.41, 5.74) is 8.63. The molecule has 2 rings (SSSR count). The minimum absolute atomic E-state index is 0.404. The third-order valence-corrected chi connectivity index (χ3v) is 4.58. The number of halogens is 3. The molecule has 0 spiro atoms. The normalized spacial score (nSPS) is 10.5. The SMILES string of the molecule is Cc1cc(Br)c(NCc2ccc(C(N)=O)cc2Cl)c(Br)c1. The zero-order valence-electron chi connectivity index (χ0n) is 11.2. The molecule has 0 aliphatic carbocycles. The van der Waals surface area contributed by atoms with Crippen LogP contribution in [0.25, 0.3) is 0 Å². The molecule has 2 aromatic carbocycles. The van der Waals surface area contributed by atoms with Crippen molar-refractivity contribution in [3.05, 3.63) is 61.0 Å². The Morgan fingerprint density at radius 1 is 1.24 bits per heavy atom. The Kier molecular flexibility index (Phi) is 5.30. The molecule has 2 aromatic rings. The van der Waals surface area contributed by atoms with Gasteiger partial charge in [0, 0.05) is 26.1 Å². The maximum Gasteiger partial charge on any atom is 0.248 e. The van der Waals surface area contributed by atoms with Gasteiger partial charge >= 0.3 is 0 Å². The zero-order valence-corrected chi connectivity index (χ0v) is 15.1. The van der Waals surface area contributed by atoms with Crippen LogP contribution in [0.2, 0.25) is 5.02 Å². The van der Waals surface area contributed by atoms with Crippen molar-refractivity contribution in [3.8, 4) is 0 Å². The highest BCUT2D eigenvalue weighted by Crippen LogP contribution is 2.33. The molecule has 0 aliphatic rings. The lowest BCUT2D eigenvalue weighted by atomic mass is 10.1. The van der Waals surface area contributed by atoms with E-state index in [1.54, 1.807) is 18.2 Å². The molecule has 1 amide bonds. The van der Waals surface area contributed by atoms with Crippen molar-refractivity contribution in [1.82, 2.24) is 0 Å². The summed E-state index contributed by atoms with van der Waals surface area (Å²) in [7, 11) is 0. The second-order valence-electron chi connectivity index (χ2n) is 4.63. The van der Waals surface area contributed by atoms with E-state index in [0.29, 0.717) is 17.1 Å². The molecule has 0 radical (unpaired) electrons. The first kappa shape index (κ1) is 16.3. The largest absolute Gasteiger partial charge is 0.379 e. The third-order valence-electron chi connectivity index (χ3n) is 2.98. The van der Waals surface area contributed by atoms with Crippen LogP contribution < -0.4 is 11.1 Å². The van der Waals surface area contributed by atoms with Gasteiger partial charge in [-0.15, -0.1) is 0 Å². The smallest absolute Gasteiger partial charge is 0.248 e. The van der Waals surface area contributed by atoms with E-state index >= 15 is 0 Å². The number of rotatable bonds is 4. The predicted molar refractivity (Wildman–Crippen MR) is 93.9 cm³/mol. The fourth-order valence-corrected chi connectivity index (χ4v) is 3.84. The Hall–Kier alpha value is -1.04. The van der Waals surface area contributed by atoms with Gasteiger partial charge in [0.15, 0.2) is 0 Å². The van der Waals surface area contributed by atoms with Crippen LogP contribution in [-0.2, 0) is 6.54 Å². The Bertz CT molecular complexity index is 681. The van der Waals surface area contributed by atoms with E-state index in [-0.39, 0.29) is 0 Å². The number of primary amides is 1. The lowest BCUT2D eigenvalue weighted by molar-refractivity contribution is 0.100. The number of amides is 1. The summed E-state index contributed by atoms with van der Waals surface area (Å²) < 4.78 is 1.94. The van der Waals surface area contributed by atoms with Crippen LogP contribution in [0.4, 0.5) is 5.69 Å². The molecule has 0 saturated carbocycles. The number of hydrogen-bond donors (Lipinski definition) is 2. The van der Waals surface area contributed by atoms with Crippen molar-refractivity contribution in [1.29, 1.82) is 0 Å². The molecule has 0 saturated heterocycles. The maximum atomic E-state index is 11.1. The van der Waals surface area contributed by atoms with E-state index < -0.39 is 5.91 Å². The van der Waals surface area contributed by atoms with Gasteiger partial charge in [-0.2, -0.15) is 0 Å². The molecular weight excluding hydrogens is 419 g/mol. The molecule has 0 aromatic heterocycles. The Labute approximate surface area is 145 Å². The van der Waals surface area contributed by atoms with Crippen LogP contribution in [0, 0.1) is 6.92 Å². The number of carbonyl (C=O) groups is 1. The molecule has 0 aliphatic heterocycles. The lowest BCUT2D eigenvalue weighted by Crippen LogP contribution is -2.11. The number of carbonyl (C=O) groups excluding carboxylic acids is 1. The molecular formula is C15H13Br2ClN2O. The summed E-state index contributed by atoms with van der Waals surface area (Å²) in [6.07, 6.45) is 0. The number of benzene rings is 2.